The fourth-order valence-corrected chi connectivity index (χ4v) is 4.69. The number of benzene rings is 2. The molecular weight excluding hydrogens is 404 g/mol. The van der Waals surface area contributed by atoms with E-state index in [-0.39, 0.29) is 12.5 Å². The van der Waals surface area contributed by atoms with Crippen LogP contribution in [0.4, 0.5) is 0 Å². The minimum Gasteiger partial charge on any atom is -0.486 e. The van der Waals surface area contributed by atoms with E-state index in [4.69, 9.17) is 14.2 Å². The summed E-state index contributed by atoms with van der Waals surface area (Å²) >= 11 is 1.38. The largest absolute Gasteiger partial charge is 0.486 e. The van der Waals surface area contributed by atoms with Crippen molar-refractivity contribution in [2.45, 2.75) is 27.3 Å². The van der Waals surface area contributed by atoms with Gasteiger partial charge in [-0.3, -0.25) is 9.59 Å². The van der Waals surface area contributed by atoms with Crippen LogP contribution in [0.15, 0.2) is 35.3 Å². The molecule has 0 spiro atoms. The van der Waals surface area contributed by atoms with E-state index in [1.165, 1.54) is 11.3 Å². The van der Waals surface area contributed by atoms with Gasteiger partial charge in [-0.2, -0.15) is 4.99 Å². The minimum absolute atomic E-state index is 0.00894. The Kier molecular flexibility index (Phi) is 5.59. The molecule has 0 bridgehead atoms. The van der Waals surface area contributed by atoms with E-state index in [1.54, 1.807) is 29.7 Å². The van der Waals surface area contributed by atoms with Gasteiger partial charge in [0.1, 0.15) is 19.8 Å². The molecule has 2 heterocycles. The van der Waals surface area contributed by atoms with Gasteiger partial charge in [-0.1, -0.05) is 17.4 Å². The molecule has 0 radical (unpaired) electrons. The van der Waals surface area contributed by atoms with Gasteiger partial charge in [-0.25, -0.2) is 0 Å². The average molecular weight is 426 g/mol. The number of amides is 1. The maximum atomic E-state index is 12.9. The van der Waals surface area contributed by atoms with Crippen LogP contribution < -0.4 is 14.3 Å². The molecule has 0 unspecified atom stereocenters. The van der Waals surface area contributed by atoms with Crippen molar-refractivity contribution >= 4 is 33.4 Å². The highest BCUT2D eigenvalue weighted by Gasteiger charge is 2.17. The van der Waals surface area contributed by atoms with Crippen LogP contribution >= 0.6 is 11.3 Å². The number of aromatic nitrogens is 1. The molecule has 0 N–H and O–H groups in total. The monoisotopic (exact) mass is 426 g/mol. The molecule has 1 amide bonds. The van der Waals surface area contributed by atoms with E-state index in [0.29, 0.717) is 41.7 Å². The molecule has 4 rings (SSSR count). The van der Waals surface area contributed by atoms with Gasteiger partial charge in [0.05, 0.1) is 16.8 Å². The molecule has 0 fully saturated rings. The predicted octanol–water partition coefficient (Wildman–Crippen LogP) is 3.40. The lowest BCUT2D eigenvalue weighted by Gasteiger charge is -2.18. The fourth-order valence-electron chi connectivity index (χ4n) is 3.49. The Morgan fingerprint density at radius 1 is 1.13 bits per heavy atom. The fraction of sp³-hybridized carbons (Fsp3) is 0.318. The summed E-state index contributed by atoms with van der Waals surface area (Å²) in [5.41, 5.74) is 3.40. The maximum Gasteiger partial charge on any atom is 0.326 e. The van der Waals surface area contributed by atoms with Gasteiger partial charge in [-0.15, -0.1) is 0 Å². The Morgan fingerprint density at radius 3 is 2.67 bits per heavy atom. The highest BCUT2D eigenvalue weighted by molar-refractivity contribution is 7.16. The first-order valence-electron chi connectivity index (χ1n) is 9.71. The van der Waals surface area contributed by atoms with Gasteiger partial charge < -0.3 is 18.8 Å². The Balaban J connectivity index is 1.80. The van der Waals surface area contributed by atoms with E-state index in [2.05, 4.69) is 4.99 Å². The Hall–Kier alpha value is -3.13. The molecule has 0 saturated heterocycles. The third-order valence-corrected chi connectivity index (χ3v) is 5.72. The van der Waals surface area contributed by atoms with Crippen molar-refractivity contribution in [1.82, 2.24) is 4.57 Å². The molecule has 7 nitrogen and oxygen atoms in total. The number of thiazole rings is 1. The summed E-state index contributed by atoms with van der Waals surface area (Å²) in [6.45, 7) is 6.97. The molecule has 156 valence electrons. The van der Waals surface area contributed by atoms with E-state index in [1.807, 2.05) is 26.0 Å². The van der Waals surface area contributed by atoms with Crippen LogP contribution in [0.3, 0.4) is 0 Å². The van der Waals surface area contributed by atoms with Crippen LogP contribution in [-0.4, -0.2) is 36.3 Å². The van der Waals surface area contributed by atoms with E-state index in [9.17, 15) is 9.59 Å². The minimum atomic E-state index is -0.412. The lowest BCUT2D eigenvalue weighted by molar-refractivity contribution is -0.143. The van der Waals surface area contributed by atoms with Crippen LogP contribution in [0.5, 0.6) is 11.5 Å². The van der Waals surface area contributed by atoms with Crippen LogP contribution in [-0.2, 0) is 16.1 Å². The molecule has 1 aliphatic heterocycles. The second-order valence-corrected chi connectivity index (χ2v) is 7.99. The van der Waals surface area contributed by atoms with Gasteiger partial charge in [0, 0.05) is 5.56 Å². The van der Waals surface area contributed by atoms with Crippen molar-refractivity contribution in [3.05, 3.63) is 51.8 Å². The summed E-state index contributed by atoms with van der Waals surface area (Å²) in [6.07, 6.45) is 0. The molecule has 0 aliphatic carbocycles. The van der Waals surface area contributed by atoms with Crippen LogP contribution in [0.2, 0.25) is 0 Å². The zero-order valence-corrected chi connectivity index (χ0v) is 17.9. The summed E-state index contributed by atoms with van der Waals surface area (Å²) in [6, 6.07) is 9.09. The number of nitrogens with zero attached hydrogens (tertiary/aromatic N) is 2. The van der Waals surface area contributed by atoms with E-state index < -0.39 is 5.91 Å². The van der Waals surface area contributed by atoms with Crippen LogP contribution in [0.1, 0.15) is 28.4 Å². The second kappa shape index (κ2) is 8.31. The van der Waals surface area contributed by atoms with Crippen LogP contribution in [0.25, 0.3) is 10.2 Å². The normalized spacial score (nSPS) is 13.5. The van der Waals surface area contributed by atoms with Crippen molar-refractivity contribution in [3.8, 4) is 11.5 Å². The highest BCUT2D eigenvalue weighted by atomic mass is 32.1. The summed E-state index contributed by atoms with van der Waals surface area (Å²) in [5.74, 6) is 0.364. The molecule has 2 aromatic carbocycles. The number of carbonyl (C=O) groups is 2. The van der Waals surface area contributed by atoms with Crippen molar-refractivity contribution in [1.29, 1.82) is 0 Å². The summed E-state index contributed by atoms with van der Waals surface area (Å²) in [4.78, 5) is 29.9. The second-order valence-electron chi connectivity index (χ2n) is 6.98. The first-order valence-corrected chi connectivity index (χ1v) is 10.5. The number of hydrogen-bond acceptors (Lipinski definition) is 6. The van der Waals surface area contributed by atoms with Crippen molar-refractivity contribution < 1.29 is 23.8 Å². The molecule has 3 aromatic rings. The van der Waals surface area contributed by atoms with E-state index >= 15 is 0 Å². The summed E-state index contributed by atoms with van der Waals surface area (Å²) < 4.78 is 18.9. The number of fused-ring (bicyclic) bond motifs is 2. The summed E-state index contributed by atoms with van der Waals surface area (Å²) in [5, 5.41) is 0. The standard InChI is InChI=1S/C22H22N2O5S/c1-4-27-19(25)12-24-20-14(3)9-13(2)10-18(20)30-22(24)23-21(26)15-5-6-16-17(11-15)29-8-7-28-16/h5-6,9-11H,4,7-8,12H2,1-3H3. The number of hydrogen-bond donors (Lipinski definition) is 0. The maximum absolute atomic E-state index is 12.9. The number of carbonyl (C=O) groups excluding carboxylic acids is 2. The number of esters is 1. The Bertz CT molecular complexity index is 1210. The molecule has 1 aromatic heterocycles. The van der Waals surface area contributed by atoms with Gasteiger partial charge in [0.2, 0.25) is 0 Å². The molecule has 0 saturated carbocycles. The van der Waals surface area contributed by atoms with Gasteiger partial charge in [-0.05, 0) is 56.2 Å². The average Bonchev–Trinajstić information content (AvgIpc) is 3.04. The zero-order valence-electron chi connectivity index (χ0n) is 17.1. The Morgan fingerprint density at radius 2 is 1.90 bits per heavy atom. The SMILES string of the molecule is CCOC(=O)Cn1c(=NC(=O)c2ccc3c(c2)OCCO3)sc2cc(C)cc(C)c21. The third kappa shape index (κ3) is 3.95. The molecule has 1 aliphatic rings. The number of aryl methyl sites for hydroxylation is 2. The highest BCUT2D eigenvalue weighted by Crippen LogP contribution is 2.31. The summed E-state index contributed by atoms with van der Waals surface area (Å²) in [7, 11) is 0. The zero-order chi connectivity index (χ0) is 21.3. The number of rotatable bonds is 4. The molecular formula is C22H22N2O5S. The van der Waals surface area contributed by atoms with Gasteiger partial charge >= 0.3 is 5.97 Å². The van der Waals surface area contributed by atoms with Gasteiger partial charge in [0.15, 0.2) is 16.3 Å². The first-order chi connectivity index (χ1) is 14.5. The Labute approximate surface area is 177 Å². The first kappa shape index (κ1) is 20.2. The van der Waals surface area contributed by atoms with Crippen molar-refractivity contribution in [2.24, 2.45) is 4.99 Å². The predicted molar refractivity (Wildman–Crippen MR) is 113 cm³/mol. The quantitative estimate of drug-likeness (QED) is 0.598. The van der Waals surface area contributed by atoms with E-state index in [0.717, 1.165) is 21.3 Å². The third-order valence-electron chi connectivity index (χ3n) is 4.69. The molecule has 0 atom stereocenters. The van der Waals surface area contributed by atoms with Crippen LogP contribution in [0, 0.1) is 13.8 Å². The lowest BCUT2D eigenvalue weighted by Crippen LogP contribution is -2.23. The topological polar surface area (TPSA) is 79.1 Å². The smallest absolute Gasteiger partial charge is 0.326 e. The molecule has 30 heavy (non-hydrogen) atoms. The van der Waals surface area contributed by atoms with Crippen molar-refractivity contribution in [2.75, 3.05) is 19.8 Å². The van der Waals surface area contributed by atoms with Crippen molar-refractivity contribution in [3.63, 3.8) is 0 Å². The molecule has 8 heteroatoms. The number of ether oxygens (including phenoxy) is 3. The lowest BCUT2D eigenvalue weighted by atomic mass is 10.1. The van der Waals surface area contributed by atoms with Gasteiger partial charge in [0.25, 0.3) is 5.91 Å².